The average molecular weight is 501 g/mol. The number of methoxy groups -OCH3 is 1. The highest BCUT2D eigenvalue weighted by molar-refractivity contribution is 7.71. The van der Waals surface area contributed by atoms with Crippen molar-refractivity contribution >= 4 is 52.5 Å². The Morgan fingerprint density at radius 1 is 1.18 bits per heavy atom. The van der Waals surface area contributed by atoms with Gasteiger partial charge in [-0.2, -0.15) is 9.97 Å². The van der Waals surface area contributed by atoms with E-state index in [0.29, 0.717) is 28.4 Å². The molecule has 3 heterocycles. The number of fused-ring (bicyclic) bond motifs is 1. The van der Waals surface area contributed by atoms with E-state index < -0.39 is 7.14 Å². The Bertz CT molecular complexity index is 1260. The fourth-order valence-electron chi connectivity index (χ4n) is 4.93. The lowest BCUT2D eigenvalue weighted by Crippen LogP contribution is -2.38. The Morgan fingerprint density at radius 2 is 1.97 bits per heavy atom. The minimum atomic E-state index is -2.42. The van der Waals surface area contributed by atoms with Crippen LogP contribution in [-0.4, -0.2) is 64.5 Å². The summed E-state index contributed by atoms with van der Waals surface area (Å²) < 4.78 is 19.4. The Labute approximate surface area is 204 Å². The number of hydrogen-bond donors (Lipinski definition) is 3. The molecule has 2 aromatic heterocycles. The quantitative estimate of drug-likeness (QED) is 0.401. The normalized spacial score (nSPS) is 20.8. The predicted octanol–water partition coefficient (Wildman–Crippen LogP) is 4.79. The molecule has 3 aliphatic rings. The zero-order valence-electron chi connectivity index (χ0n) is 19.3. The largest absolute Gasteiger partial charge is 0.495 e. The monoisotopic (exact) mass is 500 g/mol. The van der Waals surface area contributed by atoms with Crippen molar-refractivity contribution in [2.75, 3.05) is 43.2 Å². The molecule has 3 fully saturated rings. The van der Waals surface area contributed by atoms with E-state index in [1.54, 1.807) is 13.3 Å². The molecular formula is C24H30ClN6O2P. The smallest absolute Gasteiger partial charge is 0.231 e. The Morgan fingerprint density at radius 3 is 2.65 bits per heavy atom. The van der Waals surface area contributed by atoms with E-state index in [9.17, 15) is 4.57 Å². The minimum Gasteiger partial charge on any atom is -0.495 e. The van der Waals surface area contributed by atoms with Crippen LogP contribution in [0.1, 0.15) is 32.1 Å². The van der Waals surface area contributed by atoms with Gasteiger partial charge in [0.25, 0.3) is 0 Å². The molecule has 6 rings (SSSR count). The Kier molecular flexibility index (Phi) is 5.71. The lowest BCUT2D eigenvalue weighted by Gasteiger charge is -2.32. The van der Waals surface area contributed by atoms with Gasteiger partial charge in [-0.3, -0.25) is 4.90 Å². The minimum absolute atomic E-state index is 0.411. The molecule has 0 bridgehead atoms. The molecule has 0 unspecified atom stereocenters. The second-order valence-electron chi connectivity index (χ2n) is 9.64. The number of aromatic amines is 1. The van der Waals surface area contributed by atoms with Crippen molar-refractivity contribution in [2.45, 2.75) is 44.2 Å². The Balaban J connectivity index is 1.26. The number of H-pyrrole nitrogens is 1. The van der Waals surface area contributed by atoms with Crippen LogP contribution in [0.5, 0.6) is 5.75 Å². The van der Waals surface area contributed by atoms with Crippen LogP contribution in [0.15, 0.2) is 24.4 Å². The standard InChI is InChI=1S/C24H30ClN6O2P/c1-33-20-13-17(34(32)11-9-31(10-12-34)16-5-6-16)7-8-19(20)28-24-29-22-21(18(25)14-26-22)23(30-24)27-15-3-2-4-15/h7-8,13-16H,2-6,9-12H2,1H3,(H3,26,27,28,29,30). The molecule has 180 valence electrons. The van der Waals surface area contributed by atoms with Crippen molar-refractivity contribution in [1.29, 1.82) is 0 Å². The van der Waals surface area contributed by atoms with E-state index >= 15 is 0 Å². The molecule has 1 saturated heterocycles. The number of benzene rings is 1. The lowest BCUT2D eigenvalue weighted by atomic mass is 9.93. The van der Waals surface area contributed by atoms with E-state index in [2.05, 4.69) is 25.5 Å². The van der Waals surface area contributed by atoms with Gasteiger partial charge in [0.2, 0.25) is 5.95 Å². The molecule has 0 amide bonds. The second-order valence-corrected chi connectivity index (χ2v) is 13.2. The molecular weight excluding hydrogens is 471 g/mol. The van der Waals surface area contributed by atoms with E-state index in [-0.39, 0.29) is 0 Å². The number of hydrogen-bond acceptors (Lipinski definition) is 7. The number of halogens is 1. The fourth-order valence-corrected chi connectivity index (χ4v) is 7.76. The molecule has 0 atom stereocenters. The van der Waals surface area contributed by atoms with Crippen LogP contribution in [0.25, 0.3) is 11.0 Å². The summed E-state index contributed by atoms with van der Waals surface area (Å²) in [6.45, 7) is 1.85. The van der Waals surface area contributed by atoms with Crippen LogP contribution in [0, 0.1) is 0 Å². The molecule has 3 aromatic rings. The van der Waals surface area contributed by atoms with E-state index in [0.717, 1.165) is 66.5 Å². The first kappa shape index (κ1) is 22.2. The van der Waals surface area contributed by atoms with E-state index in [4.69, 9.17) is 21.3 Å². The van der Waals surface area contributed by atoms with Crippen molar-refractivity contribution in [1.82, 2.24) is 19.9 Å². The summed E-state index contributed by atoms with van der Waals surface area (Å²) in [6, 6.07) is 6.96. The highest BCUT2D eigenvalue weighted by atomic mass is 35.5. The van der Waals surface area contributed by atoms with Crippen LogP contribution in [0.2, 0.25) is 5.02 Å². The summed E-state index contributed by atoms with van der Waals surface area (Å²) in [5.41, 5.74) is 1.41. The van der Waals surface area contributed by atoms with Crippen molar-refractivity contribution < 1.29 is 9.30 Å². The summed E-state index contributed by atoms with van der Waals surface area (Å²) in [5, 5.41) is 9.10. The third-order valence-corrected chi connectivity index (χ3v) is 10.8. The molecule has 2 saturated carbocycles. The van der Waals surface area contributed by atoms with Crippen molar-refractivity contribution in [3.05, 3.63) is 29.4 Å². The summed E-state index contributed by atoms with van der Waals surface area (Å²) in [4.78, 5) is 15.0. The molecule has 34 heavy (non-hydrogen) atoms. The van der Waals surface area contributed by atoms with Crippen molar-refractivity contribution in [3.8, 4) is 5.75 Å². The molecule has 3 N–H and O–H groups in total. The highest BCUT2D eigenvalue weighted by Gasteiger charge is 2.37. The summed E-state index contributed by atoms with van der Waals surface area (Å²) >= 11 is 6.40. The zero-order valence-corrected chi connectivity index (χ0v) is 21.0. The van der Waals surface area contributed by atoms with Gasteiger partial charge < -0.3 is 24.9 Å². The topological polar surface area (TPSA) is 95.2 Å². The molecule has 1 aromatic carbocycles. The van der Waals surface area contributed by atoms with Gasteiger partial charge in [0, 0.05) is 49.0 Å². The predicted molar refractivity (Wildman–Crippen MR) is 138 cm³/mol. The SMILES string of the molecule is COc1cc(P2(=O)CCN(C3CC3)CC2)ccc1Nc1nc(NC2CCC2)c2c(Cl)c[nH]c2n1. The van der Waals surface area contributed by atoms with Gasteiger partial charge in [-0.1, -0.05) is 11.6 Å². The highest BCUT2D eigenvalue weighted by Crippen LogP contribution is 2.49. The number of nitrogens with one attached hydrogen (secondary N) is 3. The summed E-state index contributed by atoms with van der Waals surface area (Å²) in [7, 11) is -0.785. The maximum Gasteiger partial charge on any atom is 0.231 e. The first-order valence-electron chi connectivity index (χ1n) is 12.1. The fraction of sp³-hybridized carbons (Fsp3) is 0.500. The summed E-state index contributed by atoms with van der Waals surface area (Å²) in [6.07, 6.45) is 9.28. The molecule has 1 aliphatic heterocycles. The number of anilines is 3. The van der Waals surface area contributed by atoms with Gasteiger partial charge in [-0.15, -0.1) is 0 Å². The lowest BCUT2D eigenvalue weighted by molar-refractivity contribution is 0.285. The number of ether oxygens (including phenoxy) is 1. The van der Waals surface area contributed by atoms with Crippen molar-refractivity contribution in [3.63, 3.8) is 0 Å². The number of rotatable bonds is 7. The average Bonchev–Trinajstić information content (AvgIpc) is 3.59. The van der Waals surface area contributed by atoms with Crippen LogP contribution in [0.4, 0.5) is 17.5 Å². The van der Waals surface area contributed by atoms with Gasteiger partial charge in [-0.05, 0) is 50.3 Å². The van der Waals surface area contributed by atoms with Gasteiger partial charge in [0.05, 0.1) is 23.2 Å². The van der Waals surface area contributed by atoms with Gasteiger partial charge >= 0.3 is 0 Å². The van der Waals surface area contributed by atoms with Gasteiger partial charge in [-0.25, -0.2) is 0 Å². The van der Waals surface area contributed by atoms with Crippen LogP contribution in [0.3, 0.4) is 0 Å². The second kappa shape index (κ2) is 8.74. The first-order chi connectivity index (χ1) is 16.5. The maximum atomic E-state index is 13.7. The molecule has 2 aliphatic carbocycles. The van der Waals surface area contributed by atoms with Crippen LogP contribution in [-0.2, 0) is 4.57 Å². The van der Waals surface area contributed by atoms with Crippen molar-refractivity contribution in [2.24, 2.45) is 0 Å². The van der Waals surface area contributed by atoms with Crippen LogP contribution < -0.4 is 20.7 Å². The third kappa shape index (κ3) is 4.16. The number of nitrogens with zero attached hydrogens (tertiary/aromatic N) is 3. The van der Waals surface area contributed by atoms with Gasteiger partial charge in [0.15, 0.2) is 0 Å². The maximum absolute atomic E-state index is 13.7. The first-order valence-corrected chi connectivity index (χ1v) is 14.6. The Hall–Kier alpha value is -2.28. The molecule has 10 heteroatoms. The summed E-state index contributed by atoms with van der Waals surface area (Å²) in [5.74, 6) is 1.81. The molecule has 0 radical (unpaired) electrons. The zero-order chi connectivity index (χ0) is 23.3. The molecule has 8 nitrogen and oxygen atoms in total. The number of aromatic nitrogens is 3. The van der Waals surface area contributed by atoms with E-state index in [1.807, 2.05) is 18.2 Å². The van der Waals surface area contributed by atoms with E-state index in [1.165, 1.54) is 19.3 Å². The van der Waals surface area contributed by atoms with Crippen LogP contribution >= 0.6 is 18.7 Å². The molecule has 0 spiro atoms. The van der Waals surface area contributed by atoms with Gasteiger partial charge in [0.1, 0.15) is 24.4 Å². The third-order valence-electron chi connectivity index (χ3n) is 7.39.